The van der Waals surface area contributed by atoms with Gasteiger partial charge in [-0.05, 0) is 36.1 Å². The fourth-order valence-electron chi connectivity index (χ4n) is 4.50. The molecule has 0 spiro atoms. The number of hydrogen-bond acceptors (Lipinski definition) is 6. The first-order chi connectivity index (χ1) is 17.9. The molecule has 2 N–H and O–H groups in total. The van der Waals surface area contributed by atoms with Gasteiger partial charge in [-0.3, -0.25) is 23.5 Å². The van der Waals surface area contributed by atoms with E-state index in [1.54, 1.807) is 18.2 Å². The second kappa shape index (κ2) is 9.84. The first-order valence-corrected chi connectivity index (χ1v) is 11.7. The lowest BCUT2D eigenvalue weighted by atomic mass is 10.1. The summed E-state index contributed by atoms with van der Waals surface area (Å²) in [4.78, 5) is 57.0. The molecule has 37 heavy (non-hydrogen) atoms. The molecular weight excluding hydrogens is 481 g/mol. The second-order valence-electron chi connectivity index (χ2n) is 9.02. The number of hydrogen-bond donors (Lipinski definition) is 2. The van der Waals surface area contributed by atoms with Crippen LogP contribution in [0.3, 0.4) is 0 Å². The lowest BCUT2D eigenvalue weighted by Crippen LogP contribution is -2.41. The third-order valence-corrected chi connectivity index (χ3v) is 6.59. The number of benzene rings is 2. The predicted molar refractivity (Wildman–Crippen MR) is 133 cm³/mol. The molecule has 1 fully saturated rings. The third-order valence-electron chi connectivity index (χ3n) is 6.59. The SMILES string of the molecule is COC(=O)[C@@H]1C[C@@H]1Cn1c(=O)n(Cc2ccccc2F)c(=O)c2[nH]c(Cc3ccc(NC=O)cc3)nc21. The number of rotatable bonds is 9. The van der Waals surface area contributed by atoms with Gasteiger partial charge in [0.2, 0.25) is 6.41 Å². The minimum atomic E-state index is -0.626. The number of methoxy groups -OCH3 is 1. The fraction of sp³-hybridized carbons (Fsp3) is 0.269. The van der Waals surface area contributed by atoms with Crippen LogP contribution in [-0.4, -0.2) is 38.6 Å². The maximum absolute atomic E-state index is 14.4. The molecule has 11 heteroatoms. The summed E-state index contributed by atoms with van der Waals surface area (Å²) in [5.41, 5.74) is 0.782. The average Bonchev–Trinajstić information content (AvgIpc) is 3.55. The van der Waals surface area contributed by atoms with Crippen molar-refractivity contribution in [2.75, 3.05) is 12.4 Å². The van der Waals surface area contributed by atoms with E-state index >= 15 is 0 Å². The molecule has 0 unspecified atom stereocenters. The van der Waals surface area contributed by atoms with Gasteiger partial charge in [-0.15, -0.1) is 0 Å². The normalized spacial score (nSPS) is 16.5. The Kier molecular flexibility index (Phi) is 6.43. The lowest BCUT2D eigenvalue weighted by Gasteiger charge is -2.11. The van der Waals surface area contributed by atoms with Crippen LogP contribution in [0.5, 0.6) is 0 Å². The standard InChI is InChI=1S/C26H24FN5O5/c1-37-25(35)19-11-17(19)13-31-23-22(24(34)32(26(31)36)12-16-4-2-3-5-20(16)27)29-21(30-23)10-15-6-8-18(9-7-15)28-14-33/h2-9,14,17,19H,10-13H2,1H3,(H,28,33)(H,29,30)/t17-,19-/m1/s1. The van der Waals surface area contributed by atoms with E-state index in [1.165, 1.54) is 29.9 Å². The molecule has 0 bridgehead atoms. The number of aromatic nitrogens is 4. The van der Waals surface area contributed by atoms with Gasteiger partial charge in [0.05, 0.1) is 19.6 Å². The molecule has 0 radical (unpaired) electrons. The van der Waals surface area contributed by atoms with Crippen molar-refractivity contribution in [2.45, 2.75) is 25.9 Å². The van der Waals surface area contributed by atoms with E-state index in [4.69, 9.17) is 4.74 Å². The van der Waals surface area contributed by atoms with Crippen LogP contribution in [0, 0.1) is 17.7 Å². The minimum Gasteiger partial charge on any atom is -0.469 e. The zero-order valence-corrected chi connectivity index (χ0v) is 19.9. The van der Waals surface area contributed by atoms with E-state index in [0.717, 1.165) is 10.1 Å². The minimum absolute atomic E-state index is 0.125. The average molecular weight is 506 g/mol. The van der Waals surface area contributed by atoms with Crippen LogP contribution in [0.2, 0.25) is 0 Å². The van der Waals surface area contributed by atoms with Gasteiger partial charge in [0.1, 0.15) is 17.2 Å². The van der Waals surface area contributed by atoms with Crippen LogP contribution in [0.25, 0.3) is 11.2 Å². The Morgan fingerprint density at radius 3 is 2.65 bits per heavy atom. The molecule has 5 rings (SSSR count). The number of carbonyl (C=O) groups excluding carboxylic acids is 2. The molecule has 2 aromatic carbocycles. The molecule has 0 saturated heterocycles. The van der Waals surface area contributed by atoms with Crippen molar-refractivity contribution < 1.29 is 18.7 Å². The Balaban J connectivity index is 1.56. The van der Waals surface area contributed by atoms with Crippen LogP contribution < -0.4 is 16.6 Å². The number of aromatic amines is 1. The first-order valence-electron chi connectivity index (χ1n) is 11.7. The quantitative estimate of drug-likeness (QED) is 0.265. The molecule has 4 aromatic rings. The van der Waals surface area contributed by atoms with Gasteiger partial charge in [-0.1, -0.05) is 30.3 Å². The molecule has 2 atom stereocenters. The van der Waals surface area contributed by atoms with Gasteiger partial charge in [0.25, 0.3) is 5.56 Å². The molecule has 1 saturated carbocycles. The number of carbonyl (C=O) groups is 2. The summed E-state index contributed by atoms with van der Waals surface area (Å²) in [5.74, 6) is -0.864. The number of nitrogens with zero attached hydrogens (tertiary/aromatic N) is 3. The molecule has 10 nitrogen and oxygen atoms in total. The van der Waals surface area contributed by atoms with E-state index in [1.807, 2.05) is 12.1 Å². The van der Waals surface area contributed by atoms with E-state index in [-0.39, 0.29) is 47.6 Å². The number of fused-ring (bicyclic) bond motifs is 1. The van der Waals surface area contributed by atoms with Crippen LogP contribution in [0.15, 0.2) is 58.1 Å². The number of H-pyrrole nitrogens is 1. The Bertz CT molecular complexity index is 1600. The highest BCUT2D eigenvalue weighted by Crippen LogP contribution is 2.40. The van der Waals surface area contributed by atoms with Gasteiger partial charge in [-0.25, -0.2) is 14.2 Å². The molecule has 2 aromatic heterocycles. The Labute approximate surface area is 209 Å². The molecule has 1 amide bonds. The summed E-state index contributed by atoms with van der Waals surface area (Å²) in [5, 5.41) is 2.57. The fourth-order valence-corrected chi connectivity index (χ4v) is 4.50. The number of esters is 1. The largest absolute Gasteiger partial charge is 0.469 e. The first kappa shape index (κ1) is 24.2. The van der Waals surface area contributed by atoms with Crippen molar-refractivity contribution in [1.82, 2.24) is 19.1 Å². The van der Waals surface area contributed by atoms with Gasteiger partial charge in [0, 0.05) is 24.2 Å². The second-order valence-corrected chi connectivity index (χ2v) is 9.02. The van der Waals surface area contributed by atoms with Crippen molar-refractivity contribution in [3.05, 3.63) is 92.1 Å². The summed E-state index contributed by atoms with van der Waals surface area (Å²) < 4.78 is 21.5. The van der Waals surface area contributed by atoms with Crippen LogP contribution in [0.1, 0.15) is 23.4 Å². The number of halogens is 1. The summed E-state index contributed by atoms with van der Waals surface area (Å²) in [6.45, 7) is -0.0755. The molecule has 1 aliphatic rings. The van der Waals surface area contributed by atoms with Crippen LogP contribution in [0.4, 0.5) is 10.1 Å². The van der Waals surface area contributed by atoms with E-state index < -0.39 is 17.1 Å². The predicted octanol–water partition coefficient (Wildman–Crippen LogP) is 2.04. The van der Waals surface area contributed by atoms with Crippen molar-refractivity contribution in [3.8, 4) is 0 Å². The van der Waals surface area contributed by atoms with Gasteiger partial charge in [-0.2, -0.15) is 0 Å². The lowest BCUT2D eigenvalue weighted by molar-refractivity contribution is -0.142. The van der Waals surface area contributed by atoms with E-state index in [0.29, 0.717) is 30.8 Å². The summed E-state index contributed by atoms with van der Waals surface area (Å²) in [6, 6.07) is 13.1. The Morgan fingerprint density at radius 1 is 1.19 bits per heavy atom. The smallest absolute Gasteiger partial charge is 0.333 e. The highest BCUT2D eigenvalue weighted by molar-refractivity contribution is 5.75. The van der Waals surface area contributed by atoms with E-state index in [9.17, 15) is 23.6 Å². The molecule has 2 heterocycles. The van der Waals surface area contributed by atoms with Gasteiger partial charge >= 0.3 is 11.7 Å². The highest BCUT2D eigenvalue weighted by atomic mass is 19.1. The zero-order valence-electron chi connectivity index (χ0n) is 19.9. The Hall–Kier alpha value is -4.54. The maximum Gasteiger partial charge on any atom is 0.333 e. The molecule has 0 aliphatic heterocycles. The molecule has 1 aliphatic carbocycles. The monoisotopic (exact) mass is 505 g/mol. The van der Waals surface area contributed by atoms with Crippen molar-refractivity contribution in [2.24, 2.45) is 11.8 Å². The topological polar surface area (TPSA) is 128 Å². The molecular formula is C26H24FN5O5. The van der Waals surface area contributed by atoms with Gasteiger partial charge < -0.3 is 15.0 Å². The molecule has 190 valence electrons. The van der Waals surface area contributed by atoms with Crippen LogP contribution >= 0.6 is 0 Å². The number of ether oxygens (including phenoxy) is 1. The summed E-state index contributed by atoms with van der Waals surface area (Å²) in [7, 11) is 1.32. The summed E-state index contributed by atoms with van der Waals surface area (Å²) in [6.07, 6.45) is 1.49. The highest BCUT2D eigenvalue weighted by Gasteiger charge is 2.44. The number of imidazole rings is 1. The number of anilines is 1. The Morgan fingerprint density at radius 2 is 1.95 bits per heavy atom. The maximum atomic E-state index is 14.4. The van der Waals surface area contributed by atoms with Crippen molar-refractivity contribution in [3.63, 3.8) is 0 Å². The third kappa shape index (κ3) is 4.80. The number of nitrogens with one attached hydrogen (secondary N) is 2. The summed E-state index contributed by atoms with van der Waals surface area (Å²) >= 11 is 0. The zero-order chi connectivity index (χ0) is 26.1. The van der Waals surface area contributed by atoms with Gasteiger partial charge in [0.15, 0.2) is 5.65 Å². The van der Waals surface area contributed by atoms with Crippen LogP contribution in [-0.2, 0) is 33.8 Å². The van der Waals surface area contributed by atoms with Crippen molar-refractivity contribution in [1.29, 1.82) is 0 Å². The number of amides is 1. The van der Waals surface area contributed by atoms with Crippen molar-refractivity contribution >= 4 is 29.2 Å². The van der Waals surface area contributed by atoms with E-state index in [2.05, 4.69) is 15.3 Å².